The zero-order valence-electron chi connectivity index (χ0n) is 30.4. The highest BCUT2D eigenvalue weighted by atomic mass is 32.2. The first-order valence-electron chi connectivity index (χ1n) is 18.1. The van der Waals surface area contributed by atoms with E-state index >= 15 is 0 Å². The van der Waals surface area contributed by atoms with Gasteiger partial charge in [0.2, 0.25) is 11.5 Å². The van der Waals surface area contributed by atoms with Crippen LogP contribution in [-0.2, 0) is 24.5 Å². The summed E-state index contributed by atoms with van der Waals surface area (Å²) in [6, 6.07) is 38.2. The number of carbonyl (C=O) groups excluding carboxylic acids is 1. The molecule has 0 fully saturated rings. The molecule has 3 heterocycles. The number of ketones is 1. The van der Waals surface area contributed by atoms with Gasteiger partial charge in [-0.3, -0.25) is 4.79 Å². The molecule has 5 aromatic carbocycles. The van der Waals surface area contributed by atoms with Crippen LogP contribution in [0, 0.1) is 12.3 Å². The third-order valence-electron chi connectivity index (χ3n) is 9.78. The molecule has 9 rings (SSSR count). The Balaban J connectivity index is 1.10. The minimum Gasteiger partial charge on any atom is -0.497 e. The van der Waals surface area contributed by atoms with Crippen molar-refractivity contribution in [1.29, 1.82) is 0 Å². The van der Waals surface area contributed by atoms with E-state index < -0.39 is 0 Å². The fourth-order valence-corrected chi connectivity index (χ4v) is 7.81. The number of methoxy groups -OCH3 is 1. The van der Waals surface area contributed by atoms with E-state index in [1.165, 1.54) is 17.1 Å². The topological polar surface area (TPSA) is 78.2 Å². The number of ether oxygens (including phenoxy) is 3. The van der Waals surface area contributed by atoms with Crippen LogP contribution in [0.2, 0.25) is 0 Å². The highest BCUT2D eigenvalue weighted by Crippen LogP contribution is 2.46. The molecule has 0 amide bonds. The van der Waals surface area contributed by atoms with E-state index in [0.29, 0.717) is 71.2 Å². The highest BCUT2D eigenvalue weighted by Gasteiger charge is 2.37. The van der Waals surface area contributed by atoms with Crippen LogP contribution in [-0.4, -0.2) is 18.6 Å². The summed E-state index contributed by atoms with van der Waals surface area (Å²) in [5.74, 6) is 5.98. The molecule has 7 aromatic rings. The second-order valence-corrected chi connectivity index (χ2v) is 14.4. The zero-order chi connectivity index (χ0) is 38.0. The van der Waals surface area contributed by atoms with Crippen molar-refractivity contribution in [2.75, 3.05) is 17.8 Å². The van der Waals surface area contributed by atoms with Crippen molar-refractivity contribution in [1.82, 2.24) is 0 Å². The van der Waals surface area contributed by atoms with Crippen LogP contribution in [0.25, 0.3) is 27.9 Å². The summed E-state index contributed by atoms with van der Waals surface area (Å²) >= 11 is 1.44. The molecule has 0 atom stereocenters. The first-order valence-corrected chi connectivity index (χ1v) is 19.1. The van der Waals surface area contributed by atoms with E-state index in [4.69, 9.17) is 29.5 Å². The summed E-state index contributed by atoms with van der Waals surface area (Å²) in [7, 11) is 1.61. The second kappa shape index (κ2) is 15.1. The van der Waals surface area contributed by atoms with E-state index in [9.17, 15) is 4.79 Å². The van der Waals surface area contributed by atoms with Crippen LogP contribution < -0.4 is 23.7 Å². The molecule has 2 aromatic heterocycles. The van der Waals surface area contributed by atoms with E-state index in [2.05, 4.69) is 41.2 Å². The van der Waals surface area contributed by atoms with Gasteiger partial charge in [-0.15, -0.1) is 18.2 Å². The monoisotopic (exact) mass is 755 g/mol. The molecule has 274 valence electrons. The number of carbonyl (C=O) groups is 1. The number of furan rings is 1. The van der Waals surface area contributed by atoms with Gasteiger partial charge >= 0.3 is 5.89 Å². The van der Waals surface area contributed by atoms with E-state index in [1.807, 2.05) is 95.6 Å². The Morgan fingerprint density at radius 2 is 1.70 bits per heavy atom. The van der Waals surface area contributed by atoms with Gasteiger partial charge in [-0.2, -0.15) is 4.57 Å². The predicted octanol–water partition coefficient (Wildman–Crippen LogP) is 9.63. The lowest BCUT2D eigenvalue weighted by Crippen LogP contribution is -2.36. The standard InChI is InChI=1S/C47H35N2O6S/c1-3-21-56-47-38(46(50)39(47)26-45-49(28-33-19-20-52-29-33)40-17-15-36(51-2)23-42(40)54-45)25-44-48(27-32-13-14-34-11-7-8-12-35(34)22-32)41-18-16-37(24-43(41)55-44)53-30-31-9-5-4-6-10-31/h1,4-20,22-26,29H,21,27-28,30H2,2H3/q+1. The number of thioether (sulfide) groups is 1. The van der Waals surface area contributed by atoms with E-state index in [0.717, 1.165) is 38.2 Å². The molecule has 56 heavy (non-hydrogen) atoms. The Morgan fingerprint density at radius 3 is 2.52 bits per heavy atom. The molecular formula is C47H35N2O6S+. The van der Waals surface area contributed by atoms with Gasteiger partial charge in [0.15, 0.2) is 18.1 Å². The number of hydrogen-bond acceptors (Lipinski definition) is 8. The Morgan fingerprint density at radius 1 is 0.857 bits per heavy atom. The van der Waals surface area contributed by atoms with Crippen molar-refractivity contribution in [2.24, 2.45) is 0 Å². The normalized spacial score (nSPS) is 15.0. The molecule has 0 N–H and O–H groups in total. The van der Waals surface area contributed by atoms with Crippen molar-refractivity contribution in [2.45, 2.75) is 19.7 Å². The maximum Gasteiger partial charge on any atom is 0.375 e. The maximum absolute atomic E-state index is 14.2. The van der Waals surface area contributed by atoms with Crippen LogP contribution in [0.1, 0.15) is 22.6 Å². The van der Waals surface area contributed by atoms with Gasteiger partial charge in [-0.05, 0) is 52.2 Å². The van der Waals surface area contributed by atoms with Gasteiger partial charge in [-0.1, -0.05) is 72.7 Å². The molecule has 2 aliphatic rings. The van der Waals surface area contributed by atoms with Gasteiger partial charge in [0.1, 0.15) is 18.1 Å². The number of aromatic nitrogens is 1. The number of rotatable bonds is 12. The number of hydrogen-bond donors (Lipinski definition) is 0. The molecule has 0 unspecified atom stereocenters. The minimum absolute atomic E-state index is 0.137. The molecule has 1 aliphatic carbocycles. The van der Waals surface area contributed by atoms with Gasteiger partial charge < -0.3 is 27.9 Å². The van der Waals surface area contributed by atoms with Gasteiger partial charge in [0, 0.05) is 40.3 Å². The average Bonchev–Trinajstić information content (AvgIpc) is 3.97. The fraction of sp³-hybridized carbons (Fsp3) is 0.106. The number of terminal acetylenes is 1. The highest BCUT2D eigenvalue weighted by molar-refractivity contribution is 8.03. The lowest BCUT2D eigenvalue weighted by Gasteiger charge is -2.24. The smallest absolute Gasteiger partial charge is 0.375 e. The molecular weight excluding hydrogens is 721 g/mol. The molecule has 0 bridgehead atoms. The summed E-state index contributed by atoms with van der Waals surface area (Å²) < 4.78 is 31.9. The molecule has 0 saturated carbocycles. The molecule has 0 radical (unpaired) electrons. The number of oxazole rings is 1. The van der Waals surface area contributed by atoms with E-state index in [-0.39, 0.29) is 5.78 Å². The van der Waals surface area contributed by atoms with Crippen LogP contribution in [0.15, 0.2) is 165 Å². The number of allylic oxidation sites excluding steroid dienone is 3. The average molecular weight is 756 g/mol. The van der Waals surface area contributed by atoms with Crippen molar-refractivity contribution < 1.29 is 32.4 Å². The number of Topliss-reactive ketones (excluding diaryl/α,β-unsaturated/α-hetero) is 1. The summed E-state index contributed by atoms with van der Waals surface area (Å²) in [4.78, 5) is 17.1. The Kier molecular flexibility index (Phi) is 9.39. The number of anilines is 1. The van der Waals surface area contributed by atoms with Crippen molar-refractivity contribution in [3.8, 4) is 29.6 Å². The van der Waals surface area contributed by atoms with Gasteiger partial charge in [0.05, 0.1) is 49.3 Å². The lowest BCUT2D eigenvalue weighted by molar-refractivity contribution is -0.669. The van der Waals surface area contributed by atoms with Crippen LogP contribution >= 0.6 is 11.8 Å². The van der Waals surface area contributed by atoms with Crippen molar-refractivity contribution in [3.05, 3.63) is 178 Å². The van der Waals surface area contributed by atoms with Gasteiger partial charge in [0.25, 0.3) is 5.52 Å². The SMILES string of the molecule is C#CCSC1=C(/C=C2/Oc3cc(OCc4ccccc4)ccc3N2Cc2ccc3ccccc3c2)C(=O)/C1=C/c1oc2cc(OC)ccc2[n+]1Cc1ccoc1. The maximum atomic E-state index is 14.2. The summed E-state index contributed by atoms with van der Waals surface area (Å²) in [6.07, 6.45) is 12.7. The van der Waals surface area contributed by atoms with Crippen LogP contribution in [0.3, 0.4) is 0 Å². The van der Waals surface area contributed by atoms with Crippen molar-refractivity contribution in [3.63, 3.8) is 0 Å². The van der Waals surface area contributed by atoms with Gasteiger partial charge in [-0.25, -0.2) is 0 Å². The minimum atomic E-state index is -0.137. The fourth-order valence-electron chi connectivity index (χ4n) is 6.97. The number of fused-ring (bicyclic) bond motifs is 3. The summed E-state index contributed by atoms with van der Waals surface area (Å²) in [5.41, 5.74) is 6.49. The first kappa shape index (κ1) is 34.9. The Bertz CT molecular complexity index is 2750. The molecule has 1 aliphatic heterocycles. The first-order chi connectivity index (χ1) is 27.5. The number of benzene rings is 5. The zero-order valence-corrected chi connectivity index (χ0v) is 31.3. The van der Waals surface area contributed by atoms with Crippen molar-refractivity contribution >= 4 is 51.2 Å². The molecule has 8 nitrogen and oxygen atoms in total. The molecule has 0 spiro atoms. The van der Waals surface area contributed by atoms with E-state index in [1.54, 1.807) is 25.7 Å². The molecule has 0 saturated heterocycles. The lowest BCUT2D eigenvalue weighted by atomic mass is 9.89. The molecule has 9 heteroatoms. The van der Waals surface area contributed by atoms with Crippen LogP contribution in [0.5, 0.6) is 17.2 Å². The predicted molar refractivity (Wildman–Crippen MR) is 218 cm³/mol. The third-order valence-corrected chi connectivity index (χ3v) is 10.8. The third kappa shape index (κ3) is 6.83. The largest absolute Gasteiger partial charge is 0.497 e. The Labute approximate surface area is 327 Å². The van der Waals surface area contributed by atoms with Crippen LogP contribution in [0.4, 0.5) is 5.69 Å². The second-order valence-electron chi connectivity index (χ2n) is 13.4. The number of nitrogens with zero attached hydrogens (tertiary/aromatic N) is 2. The summed E-state index contributed by atoms with van der Waals surface area (Å²) in [5, 5.41) is 2.31. The quantitative estimate of drug-likeness (QED) is 0.0694. The summed E-state index contributed by atoms with van der Waals surface area (Å²) in [6.45, 7) is 1.42. The Hall–Kier alpha value is -6.89.